The number of hydrogen-bond acceptors (Lipinski definition) is 4. The van der Waals surface area contributed by atoms with Crippen LogP contribution in [-0.4, -0.2) is 17.4 Å². The van der Waals surface area contributed by atoms with Gasteiger partial charge in [-0.1, -0.05) is 6.07 Å². The highest BCUT2D eigenvalue weighted by atomic mass is 16.1. The molecule has 0 unspecified atom stereocenters. The Labute approximate surface area is 82.5 Å². The number of nitrogens with two attached hydrogens (primary N) is 2. The first-order chi connectivity index (χ1) is 6.68. The molecule has 0 saturated carbocycles. The second-order valence-electron chi connectivity index (χ2n) is 2.94. The number of anilines is 2. The van der Waals surface area contributed by atoms with Crippen LogP contribution in [0.25, 0.3) is 0 Å². The van der Waals surface area contributed by atoms with Crippen molar-refractivity contribution in [2.75, 3.05) is 17.6 Å². The highest BCUT2D eigenvalue weighted by molar-refractivity contribution is 5.73. The van der Waals surface area contributed by atoms with Gasteiger partial charge in [0.2, 0.25) is 5.91 Å². The molecular formula is C9H14N4O. The Kier molecular flexibility index (Phi) is 3.72. The predicted octanol–water partition coefficient (Wildman–Crippen LogP) is 0.341. The first-order valence-corrected chi connectivity index (χ1v) is 4.43. The molecule has 5 heteroatoms. The summed E-state index contributed by atoms with van der Waals surface area (Å²) >= 11 is 0. The second kappa shape index (κ2) is 5.06. The number of primary amides is 1. The molecule has 5 nitrogen and oxygen atoms in total. The molecule has 14 heavy (non-hydrogen) atoms. The highest BCUT2D eigenvalue weighted by Gasteiger charge is 1.95. The number of nitrogen functional groups attached to an aromatic ring is 1. The van der Waals surface area contributed by atoms with E-state index >= 15 is 0 Å². The Morgan fingerprint density at radius 3 is 2.93 bits per heavy atom. The number of aromatic nitrogens is 1. The van der Waals surface area contributed by atoms with Crippen LogP contribution in [0.5, 0.6) is 0 Å². The Balaban J connectivity index is 2.28. The van der Waals surface area contributed by atoms with Gasteiger partial charge in [-0.2, -0.15) is 0 Å². The van der Waals surface area contributed by atoms with Crippen LogP contribution >= 0.6 is 0 Å². The molecule has 5 N–H and O–H groups in total. The molecule has 0 atom stereocenters. The zero-order valence-electron chi connectivity index (χ0n) is 7.86. The Morgan fingerprint density at radius 1 is 1.50 bits per heavy atom. The number of carbonyl (C=O) groups excluding carboxylic acids is 1. The smallest absolute Gasteiger partial charge is 0.217 e. The summed E-state index contributed by atoms with van der Waals surface area (Å²) in [6.07, 6.45) is 1.08. The molecule has 0 aliphatic heterocycles. The Hall–Kier alpha value is -1.78. The van der Waals surface area contributed by atoms with Gasteiger partial charge in [0.1, 0.15) is 11.6 Å². The Morgan fingerprint density at radius 2 is 2.29 bits per heavy atom. The van der Waals surface area contributed by atoms with Crippen LogP contribution in [0.1, 0.15) is 12.8 Å². The van der Waals surface area contributed by atoms with E-state index < -0.39 is 0 Å². The molecular weight excluding hydrogens is 180 g/mol. The molecule has 0 aliphatic carbocycles. The minimum atomic E-state index is -0.285. The zero-order valence-corrected chi connectivity index (χ0v) is 7.86. The SMILES string of the molecule is NC(=O)CCCNc1cccc(N)n1. The van der Waals surface area contributed by atoms with Gasteiger partial charge < -0.3 is 16.8 Å². The molecule has 0 fully saturated rings. The van der Waals surface area contributed by atoms with Crippen LogP contribution in [0.2, 0.25) is 0 Å². The molecule has 1 aromatic rings. The van der Waals surface area contributed by atoms with Crippen LogP contribution in [0.3, 0.4) is 0 Å². The van der Waals surface area contributed by atoms with Crippen molar-refractivity contribution in [1.82, 2.24) is 4.98 Å². The lowest BCUT2D eigenvalue weighted by Crippen LogP contribution is -2.13. The van der Waals surface area contributed by atoms with Gasteiger partial charge in [0, 0.05) is 13.0 Å². The van der Waals surface area contributed by atoms with Crippen molar-refractivity contribution in [2.24, 2.45) is 5.73 Å². The molecule has 0 radical (unpaired) electrons. The molecule has 0 aromatic carbocycles. The normalized spacial score (nSPS) is 9.71. The van der Waals surface area contributed by atoms with Gasteiger partial charge in [-0.25, -0.2) is 4.98 Å². The van der Waals surface area contributed by atoms with Crippen LogP contribution in [-0.2, 0) is 4.79 Å². The molecule has 1 rings (SSSR count). The van der Waals surface area contributed by atoms with Gasteiger partial charge in [0.05, 0.1) is 0 Å². The maximum absolute atomic E-state index is 10.4. The second-order valence-corrected chi connectivity index (χ2v) is 2.94. The molecule has 0 bridgehead atoms. The standard InChI is InChI=1S/C9H14N4O/c10-7-3-1-5-9(13-7)12-6-2-4-8(11)14/h1,3,5H,2,4,6H2,(H2,11,14)(H3,10,12,13). The first kappa shape index (κ1) is 10.3. The van der Waals surface area contributed by atoms with Crippen molar-refractivity contribution in [1.29, 1.82) is 0 Å². The summed E-state index contributed by atoms with van der Waals surface area (Å²) in [7, 11) is 0. The summed E-state index contributed by atoms with van der Waals surface area (Å²) in [5.74, 6) is 0.909. The number of nitrogens with one attached hydrogen (secondary N) is 1. The van der Waals surface area contributed by atoms with E-state index in [9.17, 15) is 4.79 Å². The van der Waals surface area contributed by atoms with Crippen molar-refractivity contribution in [2.45, 2.75) is 12.8 Å². The number of nitrogens with zero attached hydrogens (tertiary/aromatic N) is 1. The number of amides is 1. The molecule has 76 valence electrons. The van der Waals surface area contributed by atoms with E-state index in [1.165, 1.54) is 0 Å². The van der Waals surface area contributed by atoms with Crippen LogP contribution in [0.15, 0.2) is 18.2 Å². The average Bonchev–Trinajstić information content (AvgIpc) is 2.12. The molecule has 1 amide bonds. The van der Waals surface area contributed by atoms with E-state index in [1.807, 2.05) is 12.1 Å². The summed E-state index contributed by atoms with van der Waals surface area (Å²) < 4.78 is 0. The van der Waals surface area contributed by atoms with Crippen molar-refractivity contribution in [3.05, 3.63) is 18.2 Å². The fourth-order valence-electron chi connectivity index (χ4n) is 1.03. The molecule has 0 aliphatic rings. The highest BCUT2D eigenvalue weighted by Crippen LogP contribution is 2.05. The Bertz CT molecular complexity index is 313. The summed E-state index contributed by atoms with van der Waals surface area (Å²) in [5, 5.41) is 3.04. The summed E-state index contributed by atoms with van der Waals surface area (Å²) in [4.78, 5) is 14.5. The average molecular weight is 194 g/mol. The largest absolute Gasteiger partial charge is 0.384 e. The number of carbonyl (C=O) groups is 1. The van der Waals surface area contributed by atoms with Gasteiger partial charge in [-0.3, -0.25) is 4.79 Å². The summed E-state index contributed by atoms with van der Waals surface area (Å²) in [6, 6.07) is 5.36. The van der Waals surface area contributed by atoms with Crippen molar-refractivity contribution >= 4 is 17.5 Å². The lowest BCUT2D eigenvalue weighted by Gasteiger charge is -2.04. The maximum atomic E-state index is 10.4. The van der Waals surface area contributed by atoms with E-state index in [-0.39, 0.29) is 5.91 Å². The van der Waals surface area contributed by atoms with Gasteiger partial charge in [0.15, 0.2) is 0 Å². The molecule has 0 spiro atoms. The lowest BCUT2D eigenvalue weighted by atomic mass is 10.3. The van der Waals surface area contributed by atoms with Crippen molar-refractivity contribution in [3.8, 4) is 0 Å². The lowest BCUT2D eigenvalue weighted by molar-refractivity contribution is -0.118. The van der Waals surface area contributed by atoms with Gasteiger partial charge >= 0.3 is 0 Å². The number of pyridine rings is 1. The summed E-state index contributed by atoms with van der Waals surface area (Å²) in [5.41, 5.74) is 10.5. The molecule has 1 heterocycles. The van der Waals surface area contributed by atoms with Crippen molar-refractivity contribution in [3.63, 3.8) is 0 Å². The van der Waals surface area contributed by atoms with Crippen LogP contribution < -0.4 is 16.8 Å². The topological polar surface area (TPSA) is 94.0 Å². The zero-order chi connectivity index (χ0) is 10.4. The fraction of sp³-hybridized carbons (Fsp3) is 0.333. The van der Waals surface area contributed by atoms with E-state index in [0.717, 1.165) is 5.82 Å². The van der Waals surface area contributed by atoms with E-state index in [2.05, 4.69) is 10.3 Å². The molecule has 0 saturated heterocycles. The minimum Gasteiger partial charge on any atom is -0.384 e. The third-order valence-corrected chi connectivity index (χ3v) is 1.68. The monoisotopic (exact) mass is 194 g/mol. The van der Waals surface area contributed by atoms with E-state index in [0.29, 0.717) is 25.2 Å². The van der Waals surface area contributed by atoms with Gasteiger partial charge in [-0.15, -0.1) is 0 Å². The summed E-state index contributed by atoms with van der Waals surface area (Å²) in [6.45, 7) is 0.666. The van der Waals surface area contributed by atoms with Crippen molar-refractivity contribution < 1.29 is 4.79 Å². The van der Waals surface area contributed by atoms with E-state index in [4.69, 9.17) is 11.5 Å². The third kappa shape index (κ3) is 3.75. The van der Waals surface area contributed by atoms with E-state index in [1.54, 1.807) is 6.07 Å². The first-order valence-electron chi connectivity index (χ1n) is 4.43. The third-order valence-electron chi connectivity index (χ3n) is 1.68. The van der Waals surface area contributed by atoms with Gasteiger partial charge in [0.25, 0.3) is 0 Å². The fourth-order valence-corrected chi connectivity index (χ4v) is 1.03. The maximum Gasteiger partial charge on any atom is 0.217 e. The minimum absolute atomic E-state index is 0.285. The predicted molar refractivity (Wildman–Crippen MR) is 55.6 cm³/mol. The number of hydrogen-bond donors (Lipinski definition) is 3. The quantitative estimate of drug-likeness (QED) is 0.589. The molecule has 1 aromatic heterocycles. The van der Waals surface area contributed by atoms with Crippen LogP contribution in [0.4, 0.5) is 11.6 Å². The van der Waals surface area contributed by atoms with Crippen LogP contribution in [0, 0.1) is 0 Å². The van der Waals surface area contributed by atoms with Gasteiger partial charge in [-0.05, 0) is 18.6 Å². The number of rotatable bonds is 5.